The maximum Gasteiger partial charge on any atom is 0.340 e. The lowest BCUT2D eigenvalue weighted by Crippen LogP contribution is -2.42. The summed E-state index contributed by atoms with van der Waals surface area (Å²) in [6.45, 7) is 2.37. The molecule has 1 fully saturated rings. The minimum Gasteiger partial charge on any atom is -0.465 e. The molecule has 1 saturated heterocycles. The highest BCUT2D eigenvalue weighted by molar-refractivity contribution is 5.89. The van der Waals surface area contributed by atoms with Gasteiger partial charge in [-0.1, -0.05) is 6.07 Å². The maximum absolute atomic E-state index is 13.8. The molecule has 0 saturated carbocycles. The summed E-state index contributed by atoms with van der Waals surface area (Å²) < 4.78 is 29.1. The molecule has 6 heteroatoms. The molecule has 0 amide bonds. The molecular weight excluding hydrogens is 277 g/mol. The smallest absolute Gasteiger partial charge is 0.340 e. The molecular formula is C15H20FNO4. The van der Waals surface area contributed by atoms with Crippen molar-refractivity contribution in [2.24, 2.45) is 0 Å². The summed E-state index contributed by atoms with van der Waals surface area (Å²) in [5.41, 5.74) is 0.397. The van der Waals surface area contributed by atoms with Crippen molar-refractivity contribution in [3.8, 4) is 0 Å². The Bertz CT molecular complexity index is 500. The Balaban J connectivity index is 1.92. The lowest BCUT2D eigenvalue weighted by Gasteiger charge is -2.26. The standard InChI is InChI=1S/C15H20FNO4/c1-19-14(18)12-4-3-11(7-13(12)16)8-17-9-15(20-2)5-6-21-10-15/h3-4,7,17H,5-6,8-10H2,1-2H3. The largest absolute Gasteiger partial charge is 0.465 e. The average Bonchev–Trinajstić information content (AvgIpc) is 2.96. The van der Waals surface area contributed by atoms with Crippen molar-refractivity contribution in [1.82, 2.24) is 5.32 Å². The van der Waals surface area contributed by atoms with Crippen molar-refractivity contribution in [1.29, 1.82) is 0 Å². The number of hydrogen-bond donors (Lipinski definition) is 1. The van der Waals surface area contributed by atoms with Crippen LogP contribution >= 0.6 is 0 Å². The Kier molecular flexibility index (Phi) is 5.27. The van der Waals surface area contributed by atoms with Crippen LogP contribution in [0, 0.1) is 5.82 Å². The van der Waals surface area contributed by atoms with Crippen LogP contribution in [0.3, 0.4) is 0 Å². The number of ether oxygens (including phenoxy) is 3. The predicted octanol–water partition coefficient (Wildman–Crippen LogP) is 1.51. The van der Waals surface area contributed by atoms with Crippen LogP contribution in [0.25, 0.3) is 0 Å². The van der Waals surface area contributed by atoms with Gasteiger partial charge in [0.2, 0.25) is 0 Å². The van der Waals surface area contributed by atoms with Gasteiger partial charge in [0.05, 0.1) is 19.3 Å². The number of methoxy groups -OCH3 is 2. The van der Waals surface area contributed by atoms with Gasteiger partial charge in [0.25, 0.3) is 0 Å². The van der Waals surface area contributed by atoms with Gasteiger partial charge in [0.1, 0.15) is 11.4 Å². The lowest BCUT2D eigenvalue weighted by atomic mass is 10.0. The molecule has 0 aliphatic carbocycles. The zero-order valence-corrected chi connectivity index (χ0v) is 12.3. The van der Waals surface area contributed by atoms with Crippen molar-refractivity contribution >= 4 is 5.97 Å². The monoisotopic (exact) mass is 297 g/mol. The van der Waals surface area contributed by atoms with Crippen LogP contribution in [-0.2, 0) is 20.8 Å². The van der Waals surface area contributed by atoms with Crippen LogP contribution in [0.4, 0.5) is 4.39 Å². The van der Waals surface area contributed by atoms with E-state index in [0.717, 1.165) is 12.0 Å². The van der Waals surface area contributed by atoms with E-state index in [2.05, 4.69) is 10.1 Å². The van der Waals surface area contributed by atoms with Gasteiger partial charge in [0, 0.05) is 33.2 Å². The van der Waals surface area contributed by atoms with Gasteiger partial charge >= 0.3 is 5.97 Å². The molecule has 1 aliphatic heterocycles. The zero-order chi connectivity index (χ0) is 15.3. The van der Waals surface area contributed by atoms with Gasteiger partial charge in [-0.05, 0) is 17.7 Å². The molecule has 1 aromatic rings. The molecule has 0 aromatic heterocycles. The van der Waals surface area contributed by atoms with Crippen LogP contribution in [-0.4, -0.2) is 45.5 Å². The number of carbonyl (C=O) groups is 1. The fourth-order valence-electron chi connectivity index (χ4n) is 2.34. The van der Waals surface area contributed by atoms with Gasteiger partial charge in [0.15, 0.2) is 0 Å². The van der Waals surface area contributed by atoms with E-state index in [9.17, 15) is 9.18 Å². The Morgan fingerprint density at radius 1 is 1.48 bits per heavy atom. The first-order valence-electron chi connectivity index (χ1n) is 6.80. The number of benzene rings is 1. The van der Waals surface area contributed by atoms with E-state index in [0.29, 0.717) is 26.3 Å². The van der Waals surface area contributed by atoms with Crippen molar-refractivity contribution in [2.75, 3.05) is 34.0 Å². The molecule has 0 radical (unpaired) electrons. The molecule has 1 heterocycles. The van der Waals surface area contributed by atoms with E-state index >= 15 is 0 Å². The fraction of sp³-hybridized carbons (Fsp3) is 0.533. The molecule has 0 bridgehead atoms. The van der Waals surface area contributed by atoms with Crippen LogP contribution in [0.1, 0.15) is 22.3 Å². The van der Waals surface area contributed by atoms with E-state index in [4.69, 9.17) is 9.47 Å². The van der Waals surface area contributed by atoms with E-state index in [1.165, 1.54) is 19.2 Å². The van der Waals surface area contributed by atoms with Crippen molar-refractivity contribution in [3.05, 3.63) is 35.1 Å². The average molecular weight is 297 g/mol. The van der Waals surface area contributed by atoms with Crippen LogP contribution in [0.15, 0.2) is 18.2 Å². The van der Waals surface area contributed by atoms with Crippen molar-refractivity contribution in [2.45, 2.75) is 18.6 Å². The van der Waals surface area contributed by atoms with Crippen LogP contribution < -0.4 is 5.32 Å². The van der Waals surface area contributed by atoms with E-state index < -0.39 is 11.8 Å². The van der Waals surface area contributed by atoms with Crippen molar-refractivity contribution in [3.63, 3.8) is 0 Å². The molecule has 0 spiro atoms. The molecule has 1 N–H and O–H groups in total. The molecule has 1 unspecified atom stereocenters. The van der Waals surface area contributed by atoms with Crippen LogP contribution in [0.2, 0.25) is 0 Å². The summed E-state index contributed by atoms with van der Waals surface area (Å²) in [6.07, 6.45) is 0.839. The number of carbonyl (C=O) groups excluding carboxylic acids is 1. The van der Waals surface area contributed by atoms with Gasteiger partial charge in [-0.25, -0.2) is 9.18 Å². The Morgan fingerprint density at radius 2 is 2.29 bits per heavy atom. The Hall–Kier alpha value is -1.50. The third-order valence-electron chi connectivity index (χ3n) is 3.72. The van der Waals surface area contributed by atoms with Crippen molar-refractivity contribution < 1.29 is 23.4 Å². The van der Waals surface area contributed by atoms with E-state index in [1.54, 1.807) is 13.2 Å². The number of rotatable bonds is 6. The minimum atomic E-state index is -0.673. The highest BCUT2D eigenvalue weighted by Crippen LogP contribution is 2.21. The van der Waals surface area contributed by atoms with Gasteiger partial charge < -0.3 is 19.5 Å². The summed E-state index contributed by atoms with van der Waals surface area (Å²) in [5, 5.41) is 3.24. The summed E-state index contributed by atoms with van der Waals surface area (Å²) in [5.74, 6) is -1.25. The topological polar surface area (TPSA) is 56.8 Å². The summed E-state index contributed by atoms with van der Waals surface area (Å²) >= 11 is 0. The van der Waals surface area contributed by atoms with Crippen LogP contribution in [0.5, 0.6) is 0 Å². The quantitative estimate of drug-likeness (QED) is 0.807. The number of halogens is 1. The third kappa shape index (κ3) is 3.78. The normalized spacial score (nSPS) is 21.5. The SMILES string of the molecule is COC(=O)c1ccc(CNCC2(OC)CCOC2)cc1F. The number of hydrogen-bond acceptors (Lipinski definition) is 5. The molecule has 21 heavy (non-hydrogen) atoms. The maximum atomic E-state index is 13.8. The summed E-state index contributed by atoms with van der Waals surface area (Å²) in [6, 6.07) is 4.47. The highest BCUT2D eigenvalue weighted by Gasteiger charge is 2.34. The summed E-state index contributed by atoms with van der Waals surface area (Å²) in [7, 11) is 2.90. The molecule has 1 aliphatic rings. The zero-order valence-electron chi connectivity index (χ0n) is 12.3. The van der Waals surface area contributed by atoms with E-state index in [1.807, 2.05) is 0 Å². The Labute approximate surface area is 123 Å². The van der Waals surface area contributed by atoms with Gasteiger partial charge in [-0.2, -0.15) is 0 Å². The van der Waals surface area contributed by atoms with E-state index in [-0.39, 0.29) is 11.2 Å². The molecule has 5 nitrogen and oxygen atoms in total. The number of nitrogens with one attached hydrogen (secondary N) is 1. The third-order valence-corrected chi connectivity index (χ3v) is 3.72. The molecule has 1 aromatic carbocycles. The second-order valence-corrected chi connectivity index (χ2v) is 5.10. The lowest BCUT2D eigenvalue weighted by molar-refractivity contribution is -0.0159. The Morgan fingerprint density at radius 3 is 2.86 bits per heavy atom. The second kappa shape index (κ2) is 6.98. The number of esters is 1. The highest BCUT2D eigenvalue weighted by atomic mass is 19.1. The first-order valence-corrected chi connectivity index (χ1v) is 6.80. The van der Waals surface area contributed by atoms with Gasteiger partial charge in [-0.3, -0.25) is 0 Å². The summed E-state index contributed by atoms with van der Waals surface area (Å²) in [4.78, 5) is 11.3. The fourth-order valence-corrected chi connectivity index (χ4v) is 2.34. The molecule has 116 valence electrons. The first kappa shape index (κ1) is 15.9. The molecule has 2 rings (SSSR count). The minimum absolute atomic E-state index is 0.0567. The molecule has 1 atom stereocenters. The first-order chi connectivity index (χ1) is 10.1. The van der Waals surface area contributed by atoms with Gasteiger partial charge in [-0.15, -0.1) is 0 Å². The second-order valence-electron chi connectivity index (χ2n) is 5.10. The predicted molar refractivity (Wildman–Crippen MR) is 74.6 cm³/mol.